The van der Waals surface area contributed by atoms with Gasteiger partial charge in [-0.1, -0.05) is 23.9 Å². The SMILES string of the molecule is COc1cccc2cc(C(=O)NC(CO)C(=O)NC3=NCCS3)oc12. The van der Waals surface area contributed by atoms with Crippen LogP contribution in [-0.2, 0) is 4.79 Å². The molecule has 0 fully saturated rings. The number of rotatable bonds is 5. The number of fused-ring (bicyclic) bond motifs is 1. The van der Waals surface area contributed by atoms with Gasteiger partial charge in [-0.05, 0) is 12.1 Å². The Kier molecular flexibility index (Phi) is 5.25. The second-order valence-corrected chi connectivity index (χ2v) is 6.31. The Hall–Kier alpha value is -2.52. The molecule has 0 radical (unpaired) electrons. The van der Waals surface area contributed by atoms with Crippen molar-refractivity contribution in [1.29, 1.82) is 0 Å². The number of benzene rings is 1. The van der Waals surface area contributed by atoms with Crippen molar-refractivity contribution < 1.29 is 23.8 Å². The lowest BCUT2D eigenvalue weighted by atomic mass is 10.2. The van der Waals surface area contributed by atoms with Gasteiger partial charge in [-0.2, -0.15) is 0 Å². The summed E-state index contributed by atoms with van der Waals surface area (Å²) in [6.45, 7) is 0.0936. The van der Waals surface area contributed by atoms with Gasteiger partial charge in [-0.15, -0.1) is 0 Å². The third kappa shape index (κ3) is 3.77. The molecular weight excluding hydrogens is 346 g/mol. The van der Waals surface area contributed by atoms with Crippen LogP contribution >= 0.6 is 11.8 Å². The van der Waals surface area contributed by atoms with Crippen molar-refractivity contribution in [1.82, 2.24) is 10.6 Å². The number of amidine groups is 1. The van der Waals surface area contributed by atoms with Gasteiger partial charge in [0.05, 0.1) is 20.3 Å². The van der Waals surface area contributed by atoms with Gasteiger partial charge >= 0.3 is 0 Å². The van der Waals surface area contributed by atoms with E-state index in [-0.39, 0.29) is 5.76 Å². The number of aliphatic hydroxyl groups is 1. The number of nitrogens with zero attached hydrogens (tertiary/aromatic N) is 1. The van der Waals surface area contributed by atoms with Crippen LogP contribution in [-0.4, -0.2) is 54.1 Å². The van der Waals surface area contributed by atoms with E-state index in [1.807, 2.05) is 0 Å². The van der Waals surface area contributed by atoms with Gasteiger partial charge in [0.1, 0.15) is 6.04 Å². The van der Waals surface area contributed by atoms with Crippen LogP contribution in [0.1, 0.15) is 10.6 Å². The zero-order chi connectivity index (χ0) is 17.8. The van der Waals surface area contributed by atoms with Crippen LogP contribution < -0.4 is 15.4 Å². The number of hydrogen-bond donors (Lipinski definition) is 3. The number of hydrogen-bond acceptors (Lipinski definition) is 7. The molecule has 2 amide bonds. The first kappa shape index (κ1) is 17.3. The van der Waals surface area contributed by atoms with Gasteiger partial charge in [0, 0.05) is 11.1 Å². The molecule has 0 saturated heterocycles. The minimum absolute atomic E-state index is 0.0262. The van der Waals surface area contributed by atoms with Crippen molar-refractivity contribution in [2.24, 2.45) is 4.99 Å². The smallest absolute Gasteiger partial charge is 0.287 e. The number of aliphatic hydroxyl groups excluding tert-OH is 1. The first-order valence-corrected chi connectivity index (χ1v) is 8.57. The largest absolute Gasteiger partial charge is 0.493 e. The third-order valence-electron chi connectivity index (χ3n) is 3.57. The van der Waals surface area contributed by atoms with Crippen molar-refractivity contribution in [2.75, 3.05) is 26.0 Å². The molecule has 0 bridgehead atoms. The summed E-state index contributed by atoms with van der Waals surface area (Å²) >= 11 is 1.41. The van der Waals surface area contributed by atoms with Crippen LogP contribution in [0.15, 0.2) is 33.7 Å². The summed E-state index contributed by atoms with van der Waals surface area (Å²) in [7, 11) is 1.51. The van der Waals surface area contributed by atoms with Gasteiger partial charge in [-0.3, -0.25) is 14.6 Å². The minimum Gasteiger partial charge on any atom is -0.493 e. The number of carbonyl (C=O) groups is 2. The summed E-state index contributed by atoms with van der Waals surface area (Å²) in [5, 5.41) is 15.6. The lowest BCUT2D eigenvalue weighted by Crippen LogP contribution is -2.49. The Morgan fingerprint density at radius 2 is 2.32 bits per heavy atom. The van der Waals surface area contributed by atoms with E-state index in [0.717, 1.165) is 5.75 Å². The average molecular weight is 363 g/mol. The summed E-state index contributed by atoms with van der Waals surface area (Å²) in [6, 6.07) is 5.73. The highest BCUT2D eigenvalue weighted by Crippen LogP contribution is 2.28. The first-order valence-electron chi connectivity index (χ1n) is 7.58. The summed E-state index contributed by atoms with van der Waals surface area (Å²) in [6.07, 6.45) is 0. The molecule has 3 rings (SSSR count). The van der Waals surface area contributed by atoms with Crippen LogP contribution in [0.3, 0.4) is 0 Å². The molecule has 0 saturated carbocycles. The Morgan fingerprint density at radius 3 is 3.00 bits per heavy atom. The molecular formula is C16H17N3O5S. The summed E-state index contributed by atoms with van der Waals surface area (Å²) in [5.74, 6) is 0.195. The lowest BCUT2D eigenvalue weighted by Gasteiger charge is -2.15. The van der Waals surface area contributed by atoms with Crippen LogP contribution in [0.25, 0.3) is 11.0 Å². The van der Waals surface area contributed by atoms with Crippen molar-refractivity contribution in [3.8, 4) is 5.75 Å². The highest BCUT2D eigenvalue weighted by Gasteiger charge is 2.24. The molecule has 0 spiro atoms. The van der Waals surface area contributed by atoms with E-state index in [1.165, 1.54) is 18.9 Å². The first-order chi connectivity index (χ1) is 12.1. The van der Waals surface area contributed by atoms with Gasteiger partial charge < -0.3 is 24.9 Å². The number of nitrogens with one attached hydrogen (secondary N) is 2. The Balaban J connectivity index is 1.72. The normalized spacial score (nSPS) is 14.9. The minimum atomic E-state index is -1.11. The third-order valence-corrected chi connectivity index (χ3v) is 4.46. The second-order valence-electron chi connectivity index (χ2n) is 5.22. The van der Waals surface area contributed by atoms with E-state index < -0.39 is 24.5 Å². The highest BCUT2D eigenvalue weighted by atomic mass is 32.2. The number of ether oxygens (including phenoxy) is 1. The fourth-order valence-electron chi connectivity index (χ4n) is 2.34. The molecule has 1 unspecified atom stereocenters. The number of methoxy groups -OCH3 is 1. The topological polar surface area (TPSA) is 113 Å². The molecule has 1 aromatic heterocycles. The maximum Gasteiger partial charge on any atom is 0.287 e. The molecule has 1 aromatic carbocycles. The van der Waals surface area contributed by atoms with Crippen molar-refractivity contribution in [3.05, 3.63) is 30.0 Å². The van der Waals surface area contributed by atoms with Crippen LogP contribution in [0.2, 0.25) is 0 Å². The predicted molar refractivity (Wildman–Crippen MR) is 94.0 cm³/mol. The number of thioether (sulfide) groups is 1. The Bertz CT molecular complexity index is 832. The fraction of sp³-hybridized carbons (Fsp3) is 0.312. The van der Waals surface area contributed by atoms with Crippen LogP contribution in [0, 0.1) is 0 Å². The molecule has 1 aliphatic heterocycles. The highest BCUT2D eigenvalue weighted by molar-refractivity contribution is 8.14. The monoisotopic (exact) mass is 363 g/mol. The van der Waals surface area contributed by atoms with Gasteiger partial charge in [0.25, 0.3) is 11.8 Å². The zero-order valence-electron chi connectivity index (χ0n) is 13.4. The van der Waals surface area contributed by atoms with Gasteiger partial charge in [-0.25, -0.2) is 0 Å². The predicted octanol–water partition coefficient (Wildman–Crippen LogP) is 0.751. The number of carbonyl (C=O) groups excluding carboxylic acids is 2. The van der Waals surface area contributed by atoms with Crippen LogP contribution in [0.5, 0.6) is 5.75 Å². The molecule has 25 heavy (non-hydrogen) atoms. The Labute approximate surface area is 147 Å². The van der Waals surface area contributed by atoms with Crippen LogP contribution in [0.4, 0.5) is 0 Å². The van der Waals surface area contributed by atoms with Gasteiger partial charge in [0.2, 0.25) is 0 Å². The molecule has 8 nitrogen and oxygen atoms in total. The molecule has 1 aliphatic rings. The van der Waals surface area contributed by atoms with Gasteiger partial charge in [0.15, 0.2) is 22.3 Å². The molecule has 1 atom stereocenters. The van der Waals surface area contributed by atoms with E-state index in [4.69, 9.17) is 9.15 Å². The fourth-order valence-corrected chi connectivity index (χ4v) is 3.07. The molecule has 3 N–H and O–H groups in total. The summed E-state index contributed by atoms with van der Waals surface area (Å²) < 4.78 is 10.7. The molecule has 2 aromatic rings. The summed E-state index contributed by atoms with van der Waals surface area (Å²) in [4.78, 5) is 28.6. The molecule has 132 valence electrons. The maximum absolute atomic E-state index is 12.4. The molecule has 9 heteroatoms. The van der Waals surface area contributed by atoms with E-state index >= 15 is 0 Å². The molecule has 2 heterocycles. The Morgan fingerprint density at radius 1 is 1.48 bits per heavy atom. The maximum atomic E-state index is 12.4. The number of furan rings is 1. The second kappa shape index (κ2) is 7.58. The quantitative estimate of drug-likeness (QED) is 0.723. The lowest BCUT2D eigenvalue weighted by molar-refractivity contribution is -0.122. The number of amides is 2. The van der Waals surface area contributed by atoms with E-state index in [1.54, 1.807) is 24.3 Å². The van der Waals surface area contributed by atoms with E-state index in [2.05, 4.69) is 15.6 Å². The number of para-hydroxylation sites is 1. The zero-order valence-corrected chi connectivity index (χ0v) is 14.3. The van der Waals surface area contributed by atoms with Crippen molar-refractivity contribution in [3.63, 3.8) is 0 Å². The standard InChI is InChI=1S/C16H17N3O5S/c1-23-11-4-2-3-9-7-12(24-13(9)11)15(22)18-10(8-20)14(21)19-16-17-5-6-25-16/h2-4,7,10,20H,5-6,8H2,1H3,(H,18,22)(H,17,19,21). The van der Waals surface area contributed by atoms with E-state index in [9.17, 15) is 14.7 Å². The van der Waals surface area contributed by atoms with E-state index in [0.29, 0.717) is 28.4 Å². The van der Waals surface area contributed by atoms with Crippen molar-refractivity contribution in [2.45, 2.75) is 6.04 Å². The summed E-state index contributed by atoms with van der Waals surface area (Å²) in [5.41, 5.74) is 0.442. The number of aliphatic imine (C=N–C) groups is 1. The molecule has 0 aliphatic carbocycles. The average Bonchev–Trinajstić information content (AvgIpc) is 3.28. The van der Waals surface area contributed by atoms with Crippen molar-refractivity contribution >= 4 is 39.7 Å².